The number of hydrogen-bond acceptors (Lipinski definition) is 4. The van der Waals surface area contributed by atoms with Gasteiger partial charge in [0.2, 0.25) is 5.78 Å². The average Bonchev–Trinajstić information content (AvgIpc) is 3.29. The van der Waals surface area contributed by atoms with Gasteiger partial charge in [0.1, 0.15) is 0 Å². The van der Waals surface area contributed by atoms with E-state index in [1.807, 2.05) is 19.9 Å². The van der Waals surface area contributed by atoms with Gasteiger partial charge in [0.15, 0.2) is 6.61 Å². The molecule has 0 radical (unpaired) electrons. The van der Waals surface area contributed by atoms with E-state index >= 15 is 0 Å². The van der Waals surface area contributed by atoms with Crippen molar-refractivity contribution in [1.82, 2.24) is 4.57 Å². The number of carbonyl (C=O) groups is 2. The lowest BCUT2D eigenvalue weighted by atomic mass is 10.1. The normalized spacial score (nSPS) is 16.6. The van der Waals surface area contributed by atoms with Crippen LogP contribution in [0.25, 0.3) is 6.08 Å². The summed E-state index contributed by atoms with van der Waals surface area (Å²) in [6, 6.07) is 8.91. The summed E-state index contributed by atoms with van der Waals surface area (Å²) in [6.07, 6.45) is 5.24. The fourth-order valence-corrected chi connectivity index (χ4v) is 3.48. The van der Waals surface area contributed by atoms with Gasteiger partial charge in [-0.05, 0) is 56.5 Å². The predicted octanol–water partition coefficient (Wildman–Crippen LogP) is 4.38. The number of nitrogens with zero attached hydrogens (tertiary/aromatic N) is 1. The first-order valence-electron chi connectivity index (χ1n) is 9.36. The van der Waals surface area contributed by atoms with Crippen LogP contribution in [0, 0.1) is 13.8 Å². The van der Waals surface area contributed by atoms with Gasteiger partial charge in [-0.2, -0.15) is 0 Å². The summed E-state index contributed by atoms with van der Waals surface area (Å²) >= 11 is 5.83. The Kier molecular flexibility index (Phi) is 6.70. The number of halogens is 1. The molecule has 28 heavy (non-hydrogen) atoms. The molecule has 0 bridgehead atoms. The Morgan fingerprint density at radius 3 is 2.71 bits per heavy atom. The number of benzene rings is 1. The molecule has 5 nitrogen and oxygen atoms in total. The summed E-state index contributed by atoms with van der Waals surface area (Å²) in [7, 11) is 0. The number of aryl methyl sites for hydroxylation is 1. The van der Waals surface area contributed by atoms with Gasteiger partial charge in [-0.1, -0.05) is 23.7 Å². The molecule has 0 N–H and O–H groups in total. The molecule has 1 aromatic carbocycles. The number of aromatic nitrogens is 1. The molecule has 1 aliphatic rings. The van der Waals surface area contributed by atoms with E-state index in [2.05, 4.69) is 4.57 Å². The third kappa shape index (κ3) is 5.12. The zero-order valence-corrected chi connectivity index (χ0v) is 16.9. The lowest BCUT2D eigenvalue weighted by Crippen LogP contribution is -2.18. The van der Waals surface area contributed by atoms with E-state index in [0.717, 1.165) is 42.9 Å². The van der Waals surface area contributed by atoms with Crippen molar-refractivity contribution in [1.29, 1.82) is 0 Å². The van der Waals surface area contributed by atoms with Gasteiger partial charge in [0.25, 0.3) is 0 Å². The summed E-state index contributed by atoms with van der Waals surface area (Å²) in [5.74, 6) is -0.767. The second-order valence-electron chi connectivity index (χ2n) is 6.95. The van der Waals surface area contributed by atoms with E-state index in [0.29, 0.717) is 10.6 Å². The zero-order chi connectivity index (χ0) is 20.1. The molecule has 2 heterocycles. The van der Waals surface area contributed by atoms with Gasteiger partial charge in [0, 0.05) is 41.2 Å². The highest BCUT2D eigenvalue weighted by Crippen LogP contribution is 2.21. The van der Waals surface area contributed by atoms with Gasteiger partial charge in [-0.3, -0.25) is 4.79 Å². The van der Waals surface area contributed by atoms with Crippen molar-refractivity contribution < 1.29 is 19.1 Å². The number of rotatable bonds is 7. The predicted molar refractivity (Wildman–Crippen MR) is 109 cm³/mol. The van der Waals surface area contributed by atoms with Crippen LogP contribution >= 0.6 is 11.6 Å². The molecule has 0 aliphatic carbocycles. The Bertz CT molecular complexity index is 877. The largest absolute Gasteiger partial charge is 0.454 e. The molecule has 0 saturated carbocycles. The lowest BCUT2D eigenvalue weighted by molar-refractivity contribution is -0.136. The molecule has 1 aromatic heterocycles. The number of ketones is 1. The smallest absolute Gasteiger partial charge is 0.331 e. The summed E-state index contributed by atoms with van der Waals surface area (Å²) in [4.78, 5) is 24.4. The van der Waals surface area contributed by atoms with Crippen LogP contribution in [-0.2, 0) is 20.8 Å². The molecule has 1 saturated heterocycles. The maximum atomic E-state index is 12.5. The maximum Gasteiger partial charge on any atom is 0.331 e. The average molecular weight is 402 g/mol. The Morgan fingerprint density at radius 1 is 1.29 bits per heavy atom. The molecule has 148 valence electrons. The molecular weight excluding hydrogens is 378 g/mol. The van der Waals surface area contributed by atoms with Crippen LogP contribution in [0.5, 0.6) is 0 Å². The quantitative estimate of drug-likeness (QED) is 0.392. The van der Waals surface area contributed by atoms with E-state index < -0.39 is 5.97 Å². The van der Waals surface area contributed by atoms with Crippen molar-refractivity contribution >= 4 is 29.4 Å². The fraction of sp³-hybridized carbons (Fsp3) is 0.364. The lowest BCUT2D eigenvalue weighted by Gasteiger charge is -2.14. The monoisotopic (exact) mass is 401 g/mol. The van der Waals surface area contributed by atoms with Gasteiger partial charge in [0.05, 0.1) is 6.10 Å². The fourth-order valence-electron chi connectivity index (χ4n) is 3.36. The van der Waals surface area contributed by atoms with E-state index in [1.165, 1.54) is 6.08 Å². The van der Waals surface area contributed by atoms with E-state index in [9.17, 15) is 9.59 Å². The van der Waals surface area contributed by atoms with Crippen molar-refractivity contribution in [2.45, 2.75) is 39.3 Å². The van der Waals surface area contributed by atoms with E-state index in [1.54, 1.807) is 30.3 Å². The second kappa shape index (κ2) is 9.22. The minimum Gasteiger partial charge on any atom is -0.454 e. The third-order valence-corrected chi connectivity index (χ3v) is 5.16. The first kappa shape index (κ1) is 20.4. The Hall–Kier alpha value is -2.37. The molecule has 0 spiro atoms. The molecule has 1 unspecified atom stereocenters. The van der Waals surface area contributed by atoms with Crippen molar-refractivity contribution in [2.75, 3.05) is 13.2 Å². The van der Waals surface area contributed by atoms with Crippen LogP contribution in [0.2, 0.25) is 5.02 Å². The van der Waals surface area contributed by atoms with Crippen LogP contribution in [0.4, 0.5) is 0 Å². The highest BCUT2D eigenvalue weighted by atomic mass is 35.5. The van der Waals surface area contributed by atoms with E-state index in [-0.39, 0.29) is 18.5 Å². The van der Waals surface area contributed by atoms with Gasteiger partial charge in [-0.25, -0.2) is 4.79 Å². The molecule has 1 aliphatic heterocycles. The van der Waals surface area contributed by atoms with Gasteiger partial charge >= 0.3 is 5.97 Å². The number of carbonyl (C=O) groups excluding carboxylic acids is 2. The number of ether oxygens (including phenoxy) is 2. The molecule has 1 fully saturated rings. The van der Waals surface area contributed by atoms with Crippen LogP contribution in [-0.4, -0.2) is 35.6 Å². The zero-order valence-electron chi connectivity index (χ0n) is 16.1. The van der Waals surface area contributed by atoms with E-state index in [4.69, 9.17) is 21.1 Å². The highest BCUT2D eigenvalue weighted by Gasteiger charge is 2.21. The SMILES string of the molecule is Cc1cc(C(=O)COC(=O)/C=C/c2ccc(Cl)cc2)c(C)n1CC1CCCO1. The third-order valence-electron chi connectivity index (χ3n) is 4.91. The Morgan fingerprint density at radius 2 is 2.04 bits per heavy atom. The summed E-state index contributed by atoms with van der Waals surface area (Å²) in [5, 5.41) is 0.627. The van der Waals surface area contributed by atoms with Gasteiger partial charge in [-0.15, -0.1) is 0 Å². The molecule has 0 amide bonds. The second-order valence-corrected chi connectivity index (χ2v) is 7.38. The molecule has 2 aromatic rings. The maximum absolute atomic E-state index is 12.5. The first-order chi connectivity index (χ1) is 13.4. The Labute approximate surface area is 169 Å². The summed E-state index contributed by atoms with van der Waals surface area (Å²) < 4.78 is 12.9. The minimum absolute atomic E-state index is 0.198. The first-order valence-corrected chi connectivity index (χ1v) is 9.74. The molecular formula is C22H24ClNO4. The summed E-state index contributed by atoms with van der Waals surface area (Å²) in [5.41, 5.74) is 3.30. The Balaban J connectivity index is 1.57. The minimum atomic E-state index is -0.559. The molecule has 3 rings (SSSR count). The number of hydrogen-bond donors (Lipinski definition) is 0. The van der Waals surface area contributed by atoms with Crippen LogP contribution in [0.1, 0.15) is 40.2 Å². The van der Waals surface area contributed by atoms with Crippen LogP contribution in [0.3, 0.4) is 0 Å². The summed E-state index contributed by atoms with van der Waals surface area (Å²) in [6.45, 7) is 5.15. The topological polar surface area (TPSA) is 57.5 Å². The standard InChI is InChI=1S/C22H24ClNO4/c1-15-12-20(16(2)24(15)13-19-4-3-11-27-19)21(25)14-28-22(26)10-7-17-5-8-18(23)9-6-17/h5-10,12,19H,3-4,11,13-14H2,1-2H3/b10-7+. The number of esters is 1. The van der Waals surface area contributed by atoms with Gasteiger partial charge < -0.3 is 14.0 Å². The van der Waals surface area contributed by atoms with Crippen molar-refractivity contribution in [3.05, 3.63) is 63.9 Å². The van der Waals surface area contributed by atoms with Crippen molar-refractivity contribution in [2.24, 2.45) is 0 Å². The van der Waals surface area contributed by atoms with Crippen LogP contribution in [0.15, 0.2) is 36.4 Å². The molecule has 6 heteroatoms. The van der Waals surface area contributed by atoms with Crippen molar-refractivity contribution in [3.8, 4) is 0 Å². The number of Topliss-reactive ketones (excluding diaryl/α,β-unsaturated/α-hetero) is 1. The van der Waals surface area contributed by atoms with Crippen LogP contribution < -0.4 is 0 Å². The molecule has 1 atom stereocenters. The highest BCUT2D eigenvalue weighted by molar-refractivity contribution is 6.30. The van der Waals surface area contributed by atoms with Crippen molar-refractivity contribution in [3.63, 3.8) is 0 Å².